The van der Waals surface area contributed by atoms with Crippen LogP contribution in [0.2, 0.25) is 0 Å². The average molecular weight is 301 g/mol. The van der Waals surface area contributed by atoms with Crippen LogP contribution < -0.4 is 14.8 Å². The van der Waals surface area contributed by atoms with Crippen molar-refractivity contribution in [3.05, 3.63) is 59.7 Å². The molecule has 0 saturated heterocycles. The zero-order chi connectivity index (χ0) is 15.1. The zero-order valence-electron chi connectivity index (χ0n) is 12.3. The molecule has 2 aromatic carbocycles. The van der Waals surface area contributed by atoms with Crippen molar-refractivity contribution in [2.24, 2.45) is 0 Å². The molecule has 0 amide bonds. The molecule has 0 bridgehead atoms. The lowest BCUT2D eigenvalue weighted by atomic mass is 10.2. The van der Waals surface area contributed by atoms with Crippen molar-refractivity contribution < 1.29 is 9.47 Å². The zero-order valence-corrected chi connectivity index (χ0v) is 13.1. The molecule has 110 valence electrons. The van der Waals surface area contributed by atoms with Gasteiger partial charge in [0, 0.05) is 12.1 Å². The third-order valence-corrected chi connectivity index (χ3v) is 3.40. The predicted molar refractivity (Wildman–Crippen MR) is 89.1 cm³/mol. The Bertz CT molecular complexity index is 599. The summed E-state index contributed by atoms with van der Waals surface area (Å²) < 4.78 is 10.8. The predicted octanol–water partition coefficient (Wildman–Crippen LogP) is 3.56. The van der Waals surface area contributed by atoms with E-state index in [1.807, 2.05) is 43.3 Å². The van der Waals surface area contributed by atoms with E-state index in [-0.39, 0.29) is 0 Å². The second-order valence-electron chi connectivity index (χ2n) is 4.47. The van der Waals surface area contributed by atoms with Crippen LogP contribution in [0.3, 0.4) is 0 Å². The minimum absolute atomic E-state index is 0.604. The molecule has 1 N–H and O–H groups in total. The molecule has 0 radical (unpaired) electrons. The highest BCUT2D eigenvalue weighted by molar-refractivity contribution is 7.80. The van der Waals surface area contributed by atoms with Crippen LogP contribution >= 0.6 is 12.2 Å². The first-order valence-electron chi connectivity index (χ1n) is 6.87. The van der Waals surface area contributed by atoms with E-state index in [2.05, 4.69) is 17.4 Å². The van der Waals surface area contributed by atoms with Crippen LogP contribution in [0.1, 0.15) is 18.1 Å². The summed E-state index contributed by atoms with van der Waals surface area (Å²) in [6.07, 6.45) is 0. The molecule has 2 rings (SSSR count). The van der Waals surface area contributed by atoms with E-state index in [9.17, 15) is 0 Å². The summed E-state index contributed by atoms with van der Waals surface area (Å²) in [7, 11) is 1.63. The number of hydrogen-bond acceptors (Lipinski definition) is 3. The summed E-state index contributed by atoms with van der Waals surface area (Å²) in [5.74, 6) is 1.42. The Hall–Kier alpha value is -2.07. The quantitative estimate of drug-likeness (QED) is 0.827. The van der Waals surface area contributed by atoms with Gasteiger partial charge in [0.1, 0.15) is 4.99 Å². The van der Waals surface area contributed by atoms with E-state index in [0.717, 1.165) is 11.3 Å². The van der Waals surface area contributed by atoms with Crippen molar-refractivity contribution in [1.29, 1.82) is 0 Å². The average Bonchev–Trinajstić information content (AvgIpc) is 2.54. The first-order valence-corrected chi connectivity index (χ1v) is 7.28. The molecular weight excluding hydrogens is 282 g/mol. The van der Waals surface area contributed by atoms with Gasteiger partial charge in [-0.25, -0.2) is 0 Å². The number of thiocarbonyl (C=S) groups is 1. The van der Waals surface area contributed by atoms with Crippen molar-refractivity contribution in [3.8, 4) is 11.5 Å². The van der Waals surface area contributed by atoms with Gasteiger partial charge in [-0.2, -0.15) is 0 Å². The molecule has 0 heterocycles. The number of benzene rings is 2. The van der Waals surface area contributed by atoms with Gasteiger partial charge in [0.2, 0.25) is 0 Å². The third kappa shape index (κ3) is 4.20. The van der Waals surface area contributed by atoms with Crippen LogP contribution in [0, 0.1) is 0 Å². The van der Waals surface area contributed by atoms with E-state index in [1.54, 1.807) is 7.11 Å². The minimum Gasteiger partial charge on any atom is -0.493 e. The van der Waals surface area contributed by atoms with Crippen LogP contribution in [0.25, 0.3) is 0 Å². The topological polar surface area (TPSA) is 30.5 Å². The summed E-state index contributed by atoms with van der Waals surface area (Å²) in [4.78, 5) is 0.695. The van der Waals surface area contributed by atoms with Gasteiger partial charge in [0.25, 0.3) is 0 Å². The largest absolute Gasteiger partial charge is 0.493 e. The van der Waals surface area contributed by atoms with Gasteiger partial charge >= 0.3 is 0 Å². The van der Waals surface area contributed by atoms with Crippen LogP contribution in [0.5, 0.6) is 11.5 Å². The highest BCUT2D eigenvalue weighted by Gasteiger charge is 2.08. The number of methoxy groups -OCH3 is 1. The summed E-state index contributed by atoms with van der Waals surface area (Å²) in [6.45, 7) is 3.25. The van der Waals surface area contributed by atoms with Crippen LogP contribution in [0.4, 0.5) is 0 Å². The van der Waals surface area contributed by atoms with Crippen molar-refractivity contribution in [2.45, 2.75) is 13.5 Å². The summed E-state index contributed by atoms with van der Waals surface area (Å²) in [6, 6.07) is 15.9. The van der Waals surface area contributed by atoms with Crippen molar-refractivity contribution in [1.82, 2.24) is 5.32 Å². The molecular formula is C17H19NO2S. The molecule has 4 heteroatoms. The van der Waals surface area contributed by atoms with Gasteiger partial charge in [0.05, 0.1) is 13.7 Å². The van der Waals surface area contributed by atoms with Crippen molar-refractivity contribution in [3.63, 3.8) is 0 Å². The second kappa shape index (κ2) is 7.64. The number of rotatable bonds is 6. The van der Waals surface area contributed by atoms with Gasteiger partial charge in [-0.1, -0.05) is 42.5 Å². The summed E-state index contributed by atoms with van der Waals surface area (Å²) in [5, 5.41) is 3.25. The molecule has 0 unspecified atom stereocenters. The molecule has 0 aliphatic carbocycles. The summed E-state index contributed by atoms with van der Waals surface area (Å²) >= 11 is 5.43. The third-order valence-electron chi connectivity index (χ3n) is 3.02. The molecule has 0 aliphatic heterocycles. The number of hydrogen-bond donors (Lipinski definition) is 1. The highest BCUT2D eigenvalue weighted by atomic mass is 32.1. The highest BCUT2D eigenvalue weighted by Crippen LogP contribution is 2.28. The van der Waals surface area contributed by atoms with Crippen LogP contribution in [-0.2, 0) is 6.54 Å². The van der Waals surface area contributed by atoms with E-state index in [4.69, 9.17) is 21.7 Å². The Labute approximate surface area is 130 Å². The first kappa shape index (κ1) is 15.3. The second-order valence-corrected chi connectivity index (χ2v) is 4.88. The first-order chi connectivity index (χ1) is 10.2. The molecule has 0 saturated carbocycles. The monoisotopic (exact) mass is 301 g/mol. The Kier molecular flexibility index (Phi) is 5.58. The Balaban J connectivity index is 2.05. The minimum atomic E-state index is 0.604. The molecule has 0 spiro atoms. The molecule has 0 atom stereocenters. The number of ether oxygens (including phenoxy) is 2. The van der Waals surface area contributed by atoms with Gasteiger partial charge in [-0.05, 0) is 30.7 Å². The normalized spacial score (nSPS) is 10.0. The van der Waals surface area contributed by atoms with Crippen molar-refractivity contribution >= 4 is 17.2 Å². The van der Waals surface area contributed by atoms with Gasteiger partial charge in [-0.15, -0.1) is 0 Å². The Morgan fingerprint density at radius 3 is 2.52 bits per heavy atom. The molecule has 21 heavy (non-hydrogen) atoms. The molecule has 0 aliphatic rings. The Morgan fingerprint density at radius 2 is 1.86 bits per heavy atom. The maximum absolute atomic E-state index is 5.50. The van der Waals surface area contributed by atoms with E-state index >= 15 is 0 Å². The lowest BCUT2D eigenvalue weighted by Gasteiger charge is -2.12. The van der Waals surface area contributed by atoms with Crippen LogP contribution in [0.15, 0.2) is 48.5 Å². The van der Waals surface area contributed by atoms with Gasteiger partial charge in [-0.3, -0.25) is 0 Å². The van der Waals surface area contributed by atoms with Crippen LogP contribution in [-0.4, -0.2) is 18.7 Å². The number of nitrogens with one attached hydrogen (secondary N) is 1. The SMILES string of the molecule is CCOc1ccc(C(=S)NCc2ccccc2)cc1OC. The Morgan fingerprint density at radius 1 is 1.10 bits per heavy atom. The lowest BCUT2D eigenvalue weighted by Crippen LogP contribution is -2.21. The lowest BCUT2D eigenvalue weighted by molar-refractivity contribution is 0.311. The fourth-order valence-electron chi connectivity index (χ4n) is 1.96. The standard InChI is InChI=1S/C17H19NO2S/c1-3-20-15-10-9-14(11-16(15)19-2)17(21)18-12-13-7-5-4-6-8-13/h4-11H,3,12H2,1-2H3,(H,18,21). The fourth-order valence-corrected chi connectivity index (χ4v) is 2.16. The van der Waals surface area contributed by atoms with E-state index < -0.39 is 0 Å². The van der Waals surface area contributed by atoms with E-state index in [1.165, 1.54) is 5.56 Å². The molecule has 0 aromatic heterocycles. The molecule has 2 aromatic rings. The van der Waals surface area contributed by atoms with Gasteiger partial charge in [0.15, 0.2) is 11.5 Å². The maximum Gasteiger partial charge on any atom is 0.161 e. The van der Waals surface area contributed by atoms with Crippen molar-refractivity contribution in [2.75, 3.05) is 13.7 Å². The fraction of sp³-hybridized carbons (Fsp3) is 0.235. The smallest absolute Gasteiger partial charge is 0.161 e. The van der Waals surface area contributed by atoms with Gasteiger partial charge < -0.3 is 14.8 Å². The van der Waals surface area contributed by atoms with E-state index in [0.29, 0.717) is 23.9 Å². The molecule has 3 nitrogen and oxygen atoms in total. The maximum atomic E-state index is 5.50. The molecule has 0 fully saturated rings. The summed E-state index contributed by atoms with van der Waals surface area (Å²) in [5.41, 5.74) is 2.11.